The van der Waals surface area contributed by atoms with Crippen LogP contribution in [0.15, 0.2) is 95.4 Å². The van der Waals surface area contributed by atoms with E-state index in [4.69, 9.17) is 4.74 Å². The Morgan fingerprint density at radius 3 is 2.47 bits per heavy atom. The number of hydrogen-bond donors (Lipinski definition) is 0. The third-order valence-corrected chi connectivity index (χ3v) is 5.45. The normalized spacial score (nSPS) is 11.1. The van der Waals surface area contributed by atoms with Gasteiger partial charge in [-0.1, -0.05) is 71.9 Å². The average molecular weight is 415 g/mol. The molecule has 0 aliphatic heterocycles. The van der Waals surface area contributed by atoms with E-state index in [9.17, 15) is 0 Å². The van der Waals surface area contributed by atoms with Gasteiger partial charge in [0.1, 0.15) is 18.7 Å². The van der Waals surface area contributed by atoms with Crippen LogP contribution in [0.4, 0.5) is 0 Å². The lowest BCUT2D eigenvalue weighted by molar-refractivity contribution is 0.306. The van der Waals surface area contributed by atoms with Gasteiger partial charge in [0.05, 0.1) is 6.21 Å². The molecular formula is C24H22N4OS. The van der Waals surface area contributed by atoms with Crippen molar-refractivity contribution in [1.29, 1.82) is 0 Å². The smallest absolute Gasteiger partial charge is 0.212 e. The minimum atomic E-state index is 0.552. The quantitative estimate of drug-likeness (QED) is 0.288. The van der Waals surface area contributed by atoms with Crippen LogP contribution in [0.2, 0.25) is 0 Å². The van der Waals surface area contributed by atoms with Crippen molar-refractivity contribution in [3.63, 3.8) is 0 Å². The fourth-order valence-corrected chi connectivity index (χ4v) is 3.57. The van der Waals surface area contributed by atoms with E-state index < -0.39 is 0 Å². The van der Waals surface area contributed by atoms with Crippen molar-refractivity contribution in [1.82, 2.24) is 14.9 Å². The number of hydrogen-bond acceptors (Lipinski definition) is 5. The van der Waals surface area contributed by atoms with Gasteiger partial charge in [-0.15, -0.1) is 10.2 Å². The summed E-state index contributed by atoms with van der Waals surface area (Å²) in [5.74, 6) is 1.65. The van der Waals surface area contributed by atoms with Crippen LogP contribution in [0.1, 0.15) is 22.3 Å². The highest BCUT2D eigenvalue weighted by atomic mass is 32.2. The second-order valence-corrected chi connectivity index (χ2v) is 7.76. The Balaban J connectivity index is 1.33. The van der Waals surface area contributed by atoms with Gasteiger partial charge in [0.25, 0.3) is 0 Å². The summed E-state index contributed by atoms with van der Waals surface area (Å²) in [6.07, 6.45) is 3.41. The van der Waals surface area contributed by atoms with Crippen molar-refractivity contribution in [2.75, 3.05) is 0 Å². The number of rotatable bonds is 8. The maximum Gasteiger partial charge on any atom is 0.212 e. The van der Waals surface area contributed by atoms with Crippen LogP contribution < -0.4 is 4.74 Å². The lowest BCUT2D eigenvalue weighted by Gasteiger charge is -2.06. The Hall–Kier alpha value is -3.38. The van der Waals surface area contributed by atoms with Gasteiger partial charge >= 0.3 is 0 Å². The minimum Gasteiger partial charge on any atom is -0.489 e. The number of nitrogens with zero attached hydrogens (tertiary/aromatic N) is 4. The maximum absolute atomic E-state index is 5.82. The van der Waals surface area contributed by atoms with Gasteiger partial charge in [-0.3, -0.25) is 0 Å². The van der Waals surface area contributed by atoms with Crippen molar-refractivity contribution >= 4 is 18.0 Å². The summed E-state index contributed by atoms with van der Waals surface area (Å²) in [4.78, 5) is 0. The summed E-state index contributed by atoms with van der Waals surface area (Å²) in [7, 11) is 0. The van der Waals surface area contributed by atoms with Gasteiger partial charge in [0, 0.05) is 5.75 Å². The van der Waals surface area contributed by atoms with E-state index in [0.29, 0.717) is 6.61 Å². The van der Waals surface area contributed by atoms with Gasteiger partial charge in [-0.2, -0.15) is 9.78 Å². The zero-order valence-corrected chi connectivity index (χ0v) is 17.5. The third-order valence-electron chi connectivity index (χ3n) is 4.45. The van der Waals surface area contributed by atoms with Crippen molar-refractivity contribution in [3.8, 4) is 5.75 Å². The van der Waals surface area contributed by atoms with Gasteiger partial charge in [-0.05, 0) is 47.9 Å². The van der Waals surface area contributed by atoms with E-state index in [1.165, 1.54) is 11.1 Å². The first-order valence-electron chi connectivity index (χ1n) is 9.66. The molecule has 0 fully saturated rings. The summed E-state index contributed by atoms with van der Waals surface area (Å²) >= 11 is 1.61. The fourth-order valence-electron chi connectivity index (χ4n) is 2.75. The lowest BCUT2D eigenvalue weighted by Crippen LogP contribution is -1.95. The van der Waals surface area contributed by atoms with Crippen LogP contribution in [0.5, 0.6) is 5.75 Å². The van der Waals surface area contributed by atoms with Gasteiger partial charge in [0.15, 0.2) is 0 Å². The largest absolute Gasteiger partial charge is 0.489 e. The number of aryl methyl sites for hydroxylation is 1. The van der Waals surface area contributed by atoms with Crippen molar-refractivity contribution in [2.45, 2.75) is 24.4 Å². The van der Waals surface area contributed by atoms with Crippen molar-refractivity contribution < 1.29 is 4.74 Å². The molecule has 1 aromatic heterocycles. The summed E-state index contributed by atoms with van der Waals surface area (Å²) in [6, 6.07) is 26.5. The minimum absolute atomic E-state index is 0.552. The molecule has 0 saturated heterocycles. The molecular weight excluding hydrogens is 392 g/mol. The molecule has 30 heavy (non-hydrogen) atoms. The lowest BCUT2D eigenvalue weighted by atomic mass is 10.2. The molecule has 150 valence electrons. The van der Waals surface area contributed by atoms with Crippen LogP contribution >= 0.6 is 11.8 Å². The highest BCUT2D eigenvalue weighted by molar-refractivity contribution is 7.98. The average Bonchev–Trinajstić information content (AvgIpc) is 3.25. The summed E-state index contributed by atoms with van der Waals surface area (Å²) in [5.41, 5.74) is 4.62. The molecule has 0 unspecified atom stereocenters. The van der Waals surface area contributed by atoms with E-state index in [0.717, 1.165) is 27.8 Å². The molecule has 0 atom stereocenters. The predicted molar refractivity (Wildman–Crippen MR) is 121 cm³/mol. The van der Waals surface area contributed by atoms with Crippen LogP contribution in [0.3, 0.4) is 0 Å². The molecule has 0 bridgehead atoms. The summed E-state index contributed by atoms with van der Waals surface area (Å²) in [6.45, 7) is 2.64. The molecule has 0 saturated carbocycles. The van der Waals surface area contributed by atoms with Gasteiger partial charge < -0.3 is 4.74 Å². The van der Waals surface area contributed by atoms with E-state index in [1.54, 1.807) is 29.0 Å². The second kappa shape index (κ2) is 9.89. The Bertz CT molecular complexity index is 1090. The SMILES string of the molecule is Cc1ccc(CSc2nncn2N=Cc2ccc(OCc3ccccc3)cc2)cc1. The van der Waals surface area contributed by atoms with Crippen LogP contribution in [-0.2, 0) is 12.4 Å². The zero-order chi connectivity index (χ0) is 20.6. The molecule has 0 radical (unpaired) electrons. The Kier molecular flexibility index (Phi) is 6.57. The first-order chi connectivity index (χ1) is 14.8. The number of ether oxygens (including phenoxy) is 1. The highest BCUT2D eigenvalue weighted by Crippen LogP contribution is 2.21. The van der Waals surface area contributed by atoms with Gasteiger partial charge in [0.2, 0.25) is 5.16 Å². The van der Waals surface area contributed by atoms with Crippen LogP contribution in [0.25, 0.3) is 0 Å². The van der Waals surface area contributed by atoms with E-state index >= 15 is 0 Å². The molecule has 0 spiro atoms. The topological polar surface area (TPSA) is 52.3 Å². The molecule has 4 rings (SSSR count). The molecule has 0 aliphatic carbocycles. The highest BCUT2D eigenvalue weighted by Gasteiger charge is 2.04. The molecule has 1 heterocycles. The number of thioether (sulfide) groups is 1. The van der Waals surface area contributed by atoms with E-state index in [1.807, 2.05) is 42.5 Å². The Labute approximate surface area is 180 Å². The van der Waals surface area contributed by atoms with Crippen molar-refractivity contribution in [3.05, 3.63) is 107 Å². The molecule has 0 N–H and O–H groups in total. The second-order valence-electron chi connectivity index (χ2n) is 6.82. The van der Waals surface area contributed by atoms with E-state index in [-0.39, 0.29) is 0 Å². The summed E-state index contributed by atoms with van der Waals surface area (Å²) < 4.78 is 7.52. The predicted octanol–water partition coefficient (Wildman–Crippen LogP) is 5.34. The van der Waals surface area contributed by atoms with Crippen molar-refractivity contribution in [2.24, 2.45) is 5.10 Å². The van der Waals surface area contributed by atoms with E-state index in [2.05, 4.69) is 58.6 Å². The first kappa shape index (κ1) is 19.9. The first-order valence-corrected chi connectivity index (χ1v) is 10.6. The van der Waals surface area contributed by atoms with Crippen LogP contribution in [0, 0.1) is 6.92 Å². The van der Waals surface area contributed by atoms with Gasteiger partial charge in [-0.25, -0.2) is 0 Å². The standard InChI is InChI=1S/C24H22N4OS/c1-19-7-9-22(10-8-19)17-30-24-27-25-18-28(24)26-15-20-11-13-23(14-12-20)29-16-21-5-3-2-4-6-21/h2-15,18H,16-17H2,1H3. The molecule has 0 aliphatic rings. The third kappa shape index (κ3) is 5.58. The molecule has 3 aromatic carbocycles. The monoisotopic (exact) mass is 414 g/mol. The zero-order valence-electron chi connectivity index (χ0n) is 16.7. The molecule has 6 heteroatoms. The Morgan fingerprint density at radius 1 is 0.933 bits per heavy atom. The van der Waals surface area contributed by atoms with Crippen LogP contribution in [-0.4, -0.2) is 21.1 Å². The fraction of sp³-hybridized carbons (Fsp3) is 0.125. The molecule has 4 aromatic rings. The summed E-state index contributed by atoms with van der Waals surface area (Å²) in [5, 5.41) is 13.4. The Morgan fingerprint density at radius 2 is 1.70 bits per heavy atom. The molecule has 5 nitrogen and oxygen atoms in total. The molecule has 0 amide bonds. The number of benzene rings is 3. The number of aromatic nitrogens is 3. The maximum atomic E-state index is 5.82.